The van der Waals surface area contributed by atoms with Crippen LogP contribution in [0.25, 0.3) is 11.3 Å². The van der Waals surface area contributed by atoms with Crippen molar-refractivity contribution in [3.05, 3.63) is 54.1 Å². The van der Waals surface area contributed by atoms with Crippen molar-refractivity contribution in [2.45, 2.75) is 26.4 Å². The van der Waals surface area contributed by atoms with Crippen LogP contribution < -0.4 is 16.4 Å². The summed E-state index contributed by atoms with van der Waals surface area (Å²) < 4.78 is 5.39. The number of ether oxygens (including phenoxy) is 1. The molecule has 1 atom stereocenters. The van der Waals surface area contributed by atoms with Crippen molar-refractivity contribution < 1.29 is 9.53 Å². The number of carbonyl (C=O) groups excluding carboxylic acids is 1. The van der Waals surface area contributed by atoms with E-state index in [1.807, 2.05) is 26.0 Å². The fourth-order valence-electron chi connectivity index (χ4n) is 3.81. The number of rotatable bonds is 9. The normalized spacial score (nSPS) is 14.7. The highest BCUT2D eigenvalue weighted by atomic mass is 16.5. The summed E-state index contributed by atoms with van der Waals surface area (Å²) in [6.07, 6.45) is 4.98. The minimum Gasteiger partial charge on any atom is -0.379 e. The average molecular weight is 488 g/mol. The molecule has 0 radical (unpaired) electrons. The third kappa shape index (κ3) is 6.29. The molecule has 1 fully saturated rings. The number of nitrogens with zero attached hydrogens (tertiary/aromatic N) is 6. The summed E-state index contributed by atoms with van der Waals surface area (Å²) in [4.78, 5) is 31.8. The largest absolute Gasteiger partial charge is 0.379 e. The van der Waals surface area contributed by atoms with Crippen LogP contribution >= 0.6 is 0 Å². The van der Waals surface area contributed by atoms with Crippen molar-refractivity contribution in [1.29, 1.82) is 5.26 Å². The van der Waals surface area contributed by atoms with Crippen LogP contribution in [-0.4, -0.2) is 63.1 Å². The molecule has 1 aliphatic rings. The summed E-state index contributed by atoms with van der Waals surface area (Å²) in [5, 5.41) is 15.8. The first-order valence-corrected chi connectivity index (χ1v) is 11.7. The lowest BCUT2D eigenvalue weighted by Crippen LogP contribution is -2.40. The average Bonchev–Trinajstić information content (AvgIpc) is 2.89. The molecule has 1 saturated heterocycles. The predicted octanol–water partition coefficient (Wildman–Crippen LogP) is 2.30. The molecule has 4 rings (SSSR count). The molecule has 11 heteroatoms. The molecule has 11 nitrogen and oxygen atoms in total. The van der Waals surface area contributed by atoms with Gasteiger partial charge in [0.05, 0.1) is 42.0 Å². The lowest BCUT2D eigenvalue weighted by atomic mass is 10.0. The zero-order valence-corrected chi connectivity index (χ0v) is 20.3. The Balaban J connectivity index is 1.46. The first-order chi connectivity index (χ1) is 17.4. The molecule has 4 heterocycles. The molecule has 0 bridgehead atoms. The van der Waals surface area contributed by atoms with E-state index in [-0.39, 0.29) is 11.5 Å². The van der Waals surface area contributed by atoms with Crippen LogP contribution in [0.2, 0.25) is 0 Å². The Hall–Kier alpha value is -4.14. The third-order valence-electron chi connectivity index (χ3n) is 5.80. The number of pyridine rings is 2. The maximum absolute atomic E-state index is 11.7. The molecule has 1 aliphatic heterocycles. The van der Waals surface area contributed by atoms with E-state index in [2.05, 4.69) is 41.5 Å². The van der Waals surface area contributed by atoms with E-state index in [0.717, 1.165) is 44.2 Å². The Bertz CT molecular complexity index is 1240. The summed E-state index contributed by atoms with van der Waals surface area (Å²) in [6, 6.07) is 8.81. The van der Waals surface area contributed by atoms with Crippen LogP contribution in [0.5, 0.6) is 0 Å². The number of aromatic nitrogens is 4. The van der Waals surface area contributed by atoms with E-state index < -0.39 is 11.9 Å². The molecule has 0 saturated carbocycles. The summed E-state index contributed by atoms with van der Waals surface area (Å²) in [5.74, 6) is 0.128. The van der Waals surface area contributed by atoms with E-state index in [4.69, 9.17) is 10.5 Å². The Morgan fingerprint density at radius 1 is 1.19 bits per heavy atom. The maximum atomic E-state index is 11.7. The summed E-state index contributed by atoms with van der Waals surface area (Å²) in [6.45, 7) is 7.84. The molecule has 1 amide bonds. The summed E-state index contributed by atoms with van der Waals surface area (Å²) in [5.41, 5.74) is 8.75. The van der Waals surface area contributed by atoms with Crippen LogP contribution in [0.3, 0.4) is 0 Å². The molecule has 0 aromatic carbocycles. The SMILES string of the molecule is CC(C)C(Nc1ncc(-c2ccnc(Nc3ccc(CN4CCOCC4)nc3)n2)cc1C#N)C(N)=O. The standard InChI is InChI=1S/C25H29N9O2/c1-16(2)22(23(27)35)33-24-17(12-26)11-18(13-30-24)21-5-6-28-25(32-21)31-19-3-4-20(29-14-19)15-34-7-9-36-10-8-34/h3-6,11,13-14,16,22H,7-10,15H2,1-2H3,(H2,27,35)(H,30,33)(H,28,31,32). The van der Waals surface area contributed by atoms with E-state index in [0.29, 0.717) is 23.0 Å². The number of nitrogens with two attached hydrogens (primary N) is 1. The van der Waals surface area contributed by atoms with Gasteiger partial charge in [0.2, 0.25) is 11.9 Å². The van der Waals surface area contributed by atoms with Gasteiger partial charge in [-0.1, -0.05) is 13.8 Å². The van der Waals surface area contributed by atoms with Gasteiger partial charge in [-0.2, -0.15) is 5.26 Å². The Morgan fingerprint density at radius 3 is 2.67 bits per heavy atom. The van der Waals surface area contributed by atoms with Crippen LogP contribution in [0.4, 0.5) is 17.5 Å². The van der Waals surface area contributed by atoms with Gasteiger partial charge in [-0.05, 0) is 30.2 Å². The molecule has 3 aromatic heterocycles. The van der Waals surface area contributed by atoms with Crippen molar-refractivity contribution in [2.24, 2.45) is 11.7 Å². The second kappa shape index (κ2) is 11.5. The minimum absolute atomic E-state index is 0.0612. The zero-order valence-electron chi connectivity index (χ0n) is 20.3. The third-order valence-corrected chi connectivity index (χ3v) is 5.80. The molecular weight excluding hydrogens is 458 g/mol. The van der Waals surface area contributed by atoms with Crippen LogP contribution in [-0.2, 0) is 16.1 Å². The second-order valence-corrected chi connectivity index (χ2v) is 8.82. The van der Waals surface area contributed by atoms with Gasteiger partial charge in [-0.25, -0.2) is 15.0 Å². The van der Waals surface area contributed by atoms with E-state index in [1.54, 1.807) is 30.7 Å². The molecule has 186 valence electrons. The van der Waals surface area contributed by atoms with Gasteiger partial charge in [-0.3, -0.25) is 14.7 Å². The predicted molar refractivity (Wildman–Crippen MR) is 135 cm³/mol. The minimum atomic E-state index is -0.640. The van der Waals surface area contributed by atoms with Crippen LogP contribution in [0, 0.1) is 17.2 Å². The van der Waals surface area contributed by atoms with Gasteiger partial charge in [0.1, 0.15) is 17.9 Å². The number of morpholine rings is 1. The number of nitriles is 1. The van der Waals surface area contributed by atoms with Gasteiger partial charge >= 0.3 is 0 Å². The fourth-order valence-corrected chi connectivity index (χ4v) is 3.81. The Morgan fingerprint density at radius 2 is 2.00 bits per heavy atom. The molecule has 1 unspecified atom stereocenters. The number of hydrogen-bond acceptors (Lipinski definition) is 10. The van der Waals surface area contributed by atoms with E-state index in [1.165, 1.54) is 0 Å². The van der Waals surface area contributed by atoms with Gasteiger partial charge < -0.3 is 21.1 Å². The number of anilines is 3. The lowest BCUT2D eigenvalue weighted by Gasteiger charge is -2.26. The zero-order chi connectivity index (χ0) is 25.5. The number of nitrogens with one attached hydrogen (secondary N) is 2. The smallest absolute Gasteiger partial charge is 0.240 e. The van der Waals surface area contributed by atoms with Crippen molar-refractivity contribution >= 4 is 23.4 Å². The number of primary amides is 1. The van der Waals surface area contributed by atoms with Crippen molar-refractivity contribution in [2.75, 3.05) is 36.9 Å². The maximum Gasteiger partial charge on any atom is 0.240 e. The molecule has 36 heavy (non-hydrogen) atoms. The van der Waals surface area contributed by atoms with Gasteiger partial charge in [-0.15, -0.1) is 0 Å². The highest BCUT2D eigenvalue weighted by molar-refractivity contribution is 5.83. The van der Waals surface area contributed by atoms with Crippen molar-refractivity contribution in [3.8, 4) is 17.3 Å². The van der Waals surface area contributed by atoms with Gasteiger partial charge in [0.25, 0.3) is 0 Å². The summed E-state index contributed by atoms with van der Waals surface area (Å²) in [7, 11) is 0. The lowest BCUT2D eigenvalue weighted by molar-refractivity contribution is -0.119. The number of hydrogen-bond donors (Lipinski definition) is 3. The Kier molecular flexibility index (Phi) is 7.99. The molecule has 4 N–H and O–H groups in total. The topological polar surface area (TPSA) is 155 Å². The van der Waals surface area contributed by atoms with Gasteiger partial charge in [0, 0.05) is 37.6 Å². The molecule has 0 spiro atoms. The number of carbonyl (C=O) groups is 1. The van der Waals surface area contributed by atoms with Gasteiger partial charge in [0.15, 0.2) is 0 Å². The quantitative estimate of drug-likeness (QED) is 0.409. The molecule has 3 aromatic rings. The second-order valence-electron chi connectivity index (χ2n) is 8.82. The highest BCUT2D eigenvalue weighted by Gasteiger charge is 2.21. The van der Waals surface area contributed by atoms with Crippen molar-refractivity contribution in [1.82, 2.24) is 24.8 Å². The Labute approximate surface area is 209 Å². The van der Waals surface area contributed by atoms with E-state index >= 15 is 0 Å². The molecule has 0 aliphatic carbocycles. The summed E-state index contributed by atoms with van der Waals surface area (Å²) >= 11 is 0. The number of amides is 1. The highest BCUT2D eigenvalue weighted by Crippen LogP contribution is 2.24. The first kappa shape index (κ1) is 25.0. The van der Waals surface area contributed by atoms with Crippen LogP contribution in [0.1, 0.15) is 25.1 Å². The monoisotopic (exact) mass is 487 g/mol. The van der Waals surface area contributed by atoms with Crippen molar-refractivity contribution in [3.63, 3.8) is 0 Å². The fraction of sp³-hybridized carbons (Fsp3) is 0.360. The van der Waals surface area contributed by atoms with E-state index in [9.17, 15) is 10.1 Å². The first-order valence-electron chi connectivity index (χ1n) is 11.7. The van der Waals surface area contributed by atoms with Crippen LogP contribution in [0.15, 0.2) is 42.9 Å². The molecular formula is C25H29N9O2.